The van der Waals surface area contributed by atoms with Crippen molar-refractivity contribution in [2.24, 2.45) is 4.99 Å². The molecule has 0 radical (unpaired) electrons. The van der Waals surface area contributed by atoms with Gasteiger partial charge in [-0.25, -0.2) is 9.38 Å². The Bertz CT molecular complexity index is 1590. The summed E-state index contributed by atoms with van der Waals surface area (Å²) in [5.41, 5.74) is 4.81. The van der Waals surface area contributed by atoms with Gasteiger partial charge in [0.15, 0.2) is 5.88 Å². The fraction of sp³-hybridized carbons (Fsp3) is 0.290. The molecule has 8 nitrogen and oxygen atoms in total. The first kappa shape index (κ1) is 26.0. The normalized spacial score (nSPS) is 16.2. The maximum atomic E-state index is 13.9. The molecule has 4 aromatic rings. The van der Waals surface area contributed by atoms with Crippen LogP contribution in [0.3, 0.4) is 0 Å². The first-order chi connectivity index (χ1) is 19.4. The minimum absolute atomic E-state index is 0.0376. The van der Waals surface area contributed by atoms with Crippen LogP contribution in [-0.4, -0.2) is 84.9 Å². The number of benzene rings is 3. The number of hydrogen-bond donors (Lipinski definition) is 2. The van der Waals surface area contributed by atoms with E-state index < -0.39 is 5.82 Å². The number of hydrogen-bond acceptors (Lipinski definition) is 6. The molecule has 0 bridgehead atoms. The van der Waals surface area contributed by atoms with E-state index in [1.807, 2.05) is 42.5 Å². The van der Waals surface area contributed by atoms with E-state index in [2.05, 4.69) is 21.8 Å². The quantitative estimate of drug-likeness (QED) is 0.355. The Morgan fingerprint density at radius 1 is 1.07 bits per heavy atom. The minimum Gasteiger partial charge on any atom is -0.494 e. The molecule has 1 amide bonds. The number of amides is 1. The SMILES string of the molecule is CN1CCN(CC(=O)N(C)c2ccc(N=C(c3ccc4c(c3)OCC4)c3c(O)[nH]c4cc(F)ccc34)cc2)CC1. The Labute approximate surface area is 232 Å². The minimum atomic E-state index is -0.397. The highest BCUT2D eigenvalue weighted by Gasteiger charge is 2.22. The van der Waals surface area contributed by atoms with E-state index in [4.69, 9.17) is 9.73 Å². The Hall–Kier alpha value is -4.21. The number of aromatic hydroxyl groups is 1. The maximum Gasteiger partial charge on any atom is 0.240 e. The first-order valence-corrected chi connectivity index (χ1v) is 13.5. The molecule has 2 aliphatic rings. The Kier molecular flexibility index (Phi) is 7.00. The van der Waals surface area contributed by atoms with Gasteiger partial charge in [0.2, 0.25) is 5.91 Å². The van der Waals surface area contributed by atoms with Crippen molar-refractivity contribution in [3.05, 3.63) is 83.2 Å². The van der Waals surface area contributed by atoms with Crippen LogP contribution >= 0.6 is 0 Å². The molecule has 6 rings (SSSR count). The number of aliphatic imine (C=N–C) groups is 1. The predicted octanol–water partition coefficient (Wildman–Crippen LogP) is 4.33. The second-order valence-electron chi connectivity index (χ2n) is 10.5. The number of piperazine rings is 1. The van der Waals surface area contributed by atoms with Crippen LogP contribution in [0, 0.1) is 5.82 Å². The molecule has 9 heteroatoms. The van der Waals surface area contributed by atoms with Crippen LogP contribution in [0.4, 0.5) is 15.8 Å². The number of nitrogens with zero attached hydrogens (tertiary/aromatic N) is 4. The number of carbonyl (C=O) groups is 1. The van der Waals surface area contributed by atoms with E-state index in [0.717, 1.165) is 55.2 Å². The number of carbonyl (C=O) groups excluding carboxylic acids is 1. The molecule has 3 aromatic carbocycles. The van der Waals surface area contributed by atoms with Gasteiger partial charge in [-0.3, -0.25) is 9.69 Å². The number of fused-ring (bicyclic) bond motifs is 2. The van der Waals surface area contributed by atoms with Crippen LogP contribution in [0.25, 0.3) is 10.9 Å². The third kappa shape index (κ3) is 5.17. The monoisotopic (exact) mass is 541 g/mol. The van der Waals surface area contributed by atoms with Crippen molar-refractivity contribution in [1.82, 2.24) is 14.8 Å². The third-order valence-electron chi connectivity index (χ3n) is 7.75. The molecule has 40 heavy (non-hydrogen) atoms. The molecule has 0 saturated carbocycles. The highest BCUT2D eigenvalue weighted by Crippen LogP contribution is 2.34. The van der Waals surface area contributed by atoms with Crippen LogP contribution in [0.5, 0.6) is 11.6 Å². The summed E-state index contributed by atoms with van der Waals surface area (Å²) < 4.78 is 19.7. The standard InChI is InChI=1S/C31H32FN5O3/c1-35-12-14-37(15-13-35)19-28(38)36(2)24-8-6-23(7-9-24)33-30(21-4-3-20-11-16-40-27(20)17-21)29-25-10-5-22(32)18-26(25)34-31(29)39/h3-10,17-18,34,39H,11-16,19H2,1-2H3. The Morgan fingerprint density at radius 3 is 2.62 bits per heavy atom. The van der Waals surface area contributed by atoms with Gasteiger partial charge in [-0.2, -0.15) is 0 Å². The second-order valence-corrected chi connectivity index (χ2v) is 10.5. The number of aromatic nitrogens is 1. The van der Waals surface area contributed by atoms with Crippen molar-refractivity contribution in [2.75, 3.05) is 58.3 Å². The van der Waals surface area contributed by atoms with Gasteiger partial charge in [0.05, 0.1) is 35.6 Å². The lowest BCUT2D eigenvalue weighted by Crippen LogP contribution is -2.48. The molecule has 2 N–H and O–H groups in total. The summed E-state index contributed by atoms with van der Waals surface area (Å²) >= 11 is 0. The molecular formula is C31H32FN5O3. The summed E-state index contributed by atoms with van der Waals surface area (Å²) in [6.45, 7) is 4.70. The zero-order valence-corrected chi connectivity index (χ0v) is 22.7. The van der Waals surface area contributed by atoms with Gasteiger partial charge >= 0.3 is 0 Å². The van der Waals surface area contributed by atoms with Gasteiger partial charge in [-0.1, -0.05) is 12.1 Å². The molecule has 0 unspecified atom stereocenters. The summed E-state index contributed by atoms with van der Waals surface area (Å²) in [6.07, 6.45) is 0.849. The number of ether oxygens (including phenoxy) is 1. The summed E-state index contributed by atoms with van der Waals surface area (Å²) in [7, 11) is 3.88. The topological polar surface area (TPSA) is 84.4 Å². The van der Waals surface area contributed by atoms with Crippen LogP contribution in [0.1, 0.15) is 16.7 Å². The van der Waals surface area contributed by atoms with Gasteiger partial charge < -0.3 is 24.6 Å². The van der Waals surface area contributed by atoms with E-state index in [9.17, 15) is 14.3 Å². The molecular weight excluding hydrogens is 509 g/mol. The smallest absolute Gasteiger partial charge is 0.240 e. The molecule has 1 saturated heterocycles. The highest BCUT2D eigenvalue weighted by molar-refractivity contribution is 6.22. The summed E-state index contributed by atoms with van der Waals surface area (Å²) in [5.74, 6) is 0.347. The zero-order chi connectivity index (χ0) is 27.8. The Morgan fingerprint density at radius 2 is 1.85 bits per heavy atom. The van der Waals surface area contributed by atoms with Crippen molar-refractivity contribution >= 4 is 33.9 Å². The maximum absolute atomic E-state index is 13.9. The average Bonchev–Trinajstić information content (AvgIpc) is 3.55. The van der Waals surface area contributed by atoms with E-state index in [1.165, 1.54) is 12.1 Å². The number of nitrogens with one attached hydrogen (secondary N) is 1. The fourth-order valence-electron chi connectivity index (χ4n) is 5.30. The third-order valence-corrected chi connectivity index (χ3v) is 7.75. The average molecular weight is 542 g/mol. The van der Waals surface area contributed by atoms with Gasteiger partial charge in [-0.05, 0) is 61.1 Å². The first-order valence-electron chi connectivity index (χ1n) is 13.5. The molecule has 206 valence electrons. The lowest BCUT2D eigenvalue weighted by atomic mass is 9.99. The number of rotatable bonds is 6. The zero-order valence-electron chi connectivity index (χ0n) is 22.7. The van der Waals surface area contributed by atoms with Crippen LogP contribution < -0.4 is 9.64 Å². The number of halogens is 1. The lowest BCUT2D eigenvalue weighted by molar-refractivity contribution is -0.119. The van der Waals surface area contributed by atoms with Crippen molar-refractivity contribution in [2.45, 2.75) is 6.42 Å². The van der Waals surface area contributed by atoms with E-state index in [0.29, 0.717) is 41.0 Å². The number of anilines is 1. The second kappa shape index (κ2) is 10.7. The summed E-state index contributed by atoms with van der Waals surface area (Å²) in [6, 6.07) is 17.7. The van der Waals surface area contributed by atoms with Crippen molar-refractivity contribution in [3.8, 4) is 11.6 Å². The van der Waals surface area contributed by atoms with Crippen molar-refractivity contribution in [3.63, 3.8) is 0 Å². The van der Waals surface area contributed by atoms with E-state index >= 15 is 0 Å². The highest BCUT2D eigenvalue weighted by atomic mass is 19.1. The van der Waals surface area contributed by atoms with Crippen LogP contribution in [-0.2, 0) is 11.2 Å². The van der Waals surface area contributed by atoms with Crippen LogP contribution in [0.2, 0.25) is 0 Å². The largest absolute Gasteiger partial charge is 0.494 e. The van der Waals surface area contributed by atoms with E-state index in [1.54, 1.807) is 18.0 Å². The summed E-state index contributed by atoms with van der Waals surface area (Å²) in [4.78, 5) is 26.9. The van der Waals surface area contributed by atoms with Gasteiger partial charge in [0, 0.05) is 56.3 Å². The van der Waals surface area contributed by atoms with Gasteiger partial charge in [0.25, 0.3) is 0 Å². The molecule has 3 heterocycles. The molecule has 2 aliphatic heterocycles. The van der Waals surface area contributed by atoms with Gasteiger partial charge in [0.1, 0.15) is 11.6 Å². The number of H-pyrrole nitrogens is 1. The van der Waals surface area contributed by atoms with Gasteiger partial charge in [-0.15, -0.1) is 0 Å². The molecule has 0 atom stereocenters. The Balaban J connectivity index is 1.32. The summed E-state index contributed by atoms with van der Waals surface area (Å²) in [5, 5.41) is 11.6. The molecule has 0 aliphatic carbocycles. The lowest BCUT2D eigenvalue weighted by Gasteiger charge is -2.32. The molecule has 1 aromatic heterocycles. The van der Waals surface area contributed by atoms with Crippen molar-refractivity contribution < 1.29 is 19.0 Å². The molecule has 1 fully saturated rings. The fourth-order valence-corrected chi connectivity index (χ4v) is 5.30. The predicted molar refractivity (Wildman–Crippen MR) is 155 cm³/mol. The molecule has 0 spiro atoms. The van der Waals surface area contributed by atoms with Crippen LogP contribution in [0.15, 0.2) is 65.7 Å². The van der Waals surface area contributed by atoms with E-state index in [-0.39, 0.29) is 11.8 Å². The number of likely N-dealkylation sites (N-methyl/N-ethyl adjacent to an activating group) is 2. The number of aromatic amines is 1. The van der Waals surface area contributed by atoms with Crippen molar-refractivity contribution in [1.29, 1.82) is 0 Å².